The second-order valence-electron chi connectivity index (χ2n) is 8.37. The summed E-state index contributed by atoms with van der Waals surface area (Å²) in [6.07, 6.45) is 2.71. The molecule has 1 aliphatic carbocycles. The lowest BCUT2D eigenvalue weighted by molar-refractivity contribution is 0.215. The second-order valence-corrected chi connectivity index (χ2v) is 8.37. The summed E-state index contributed by atoms with van der Waals surface area (Å²) >= 11 is 0. The van der Waals surface area contributed by atoms with Crippen LogP contribution < -0.4 is 0 Å². The smallest absolute Gasteiger partial charge is 0.119 e. The Kier molecular flexibility index (Phi) is 3.92. The zero-order valence-electron chi connectivity index (χ0n) is 15.2. The molecule has 2 aromatic heterocycles. The van der Waals surface area contributed by atoms with Crippen LogP contribution in [-0.2, 0) is 12.8 Å². The molecule has 2 heterocycles. The van der Waals surface area contributed by atoms with Gasteiger partial charge in [-0.25, -0.2) is 0 Å². The molecule has 0 bridgehead atoms. The second kappa shape index (κ2) is 5.99. The lowest BCUT2D eigenvalue weighted by Crippen LogP contribution is -2.27. The maximum atomic E-state index is 10.6. The molecule has 4 rings (SSSR count). The number of hydrogen-bond donors (Lipinski definition) is 2. The van der Waals surface area contributed by atoms with Gasteiger partial charge in [0.2, 0.25) is 0 Å². The number of aromatic nitrogens is 2. The topological polar surface area (TPSA) is 48.9 Å². The summed E-state index contributed by atoms with van der Waals surface area (Å²) in [6, 6.07) is 14.0. The summed E-state index contributed by atoms with van der Waals surface area (Å²) < 4.78 is 0. The number of aliphatic hydroxyl groups excluding tert-OH is 1. The van der Waals surface area contributed by atoms with Crippen molar-refractivity contribution in [3.63, 3.8) is 0 Å². The van der Waals surface area contributed by atoms with Gasteiger partial charge in [-0.3, -0.25) is 4.98 Å². The van der Waals surface area contributed by atoms with Gasteiger partial charge < -0.3 is 10.1 Å². The minimum atomic E-state index is -0.644. The molecule has 25 heavy (non-hydrogen) atoms. The maximum Gasteiger partial charge on any atom is 0.119 e. The molecule has 2 unspecified atom stereocenters. The fraction of sp³-hybridized carbons (Fsp3) is 0.409. The third-order valence-electron chi connectivity index (χ3n) is 5.62. The highest BCUT2D eigenvalue weighted by Crippen LogP contribution is 2.37. The summed E-state index contributed by atoms with van der Waals surface area (Å²) in [5.74, 6) is 0.698. The number of nitrogens with zero attached hydrogens (tertiary/aromatic N) is 1. The van der Waals surface area contributed by atoms with Crippen LogP contribution in [0.5, 0.6) is 0 Å². The van der Waals surface area contributed by atoms with Crippen molar-refractivity contribution in [1.82, 2.24) is 9.97 Å². The first-order valence-corrected chi connectivity index (χ1v) is 9.16. The van der Waals surface area contributed by atoms with E-state index in [9.17, 15) is 5.11 Å². The van der Waals surface area contributed by atoms with Crippen LogP contribution in [0.25, 0.3) is 11.0 Å². The van der Waals surface area contributed by atoms with Gasteiger partial charge >= 0.3 is 0 Å². The van der Waals surface area contributed by atoms with E-state index < -0.39 is 6.10 Å². The lowest BCUT2D eigenvalue weighted by atomic mass is 9.71. The van der Waals surface area contributed by atoms with E-state index >= 15 is 0 Å². The van der Waals surface area contributed by atoms with Gasteiger partial charge in [-0.1, -0.05) is 51.1 Å². The quantitative estimate of drug-likeness (QED) is 0.707. The van der Waals surface area contributed by atoms with Crippen LogP contribution in [0.1, 0.15) is 55.8 Å². The minimum Gasteiger partial charge on any atom is -0.382 e. The van der Waals surface area contributed by atoms with E-state index in [0.29, 0.717) is 11.3 Å². The molecule has 1 aliphatic rings. The van der Waals surface area contributed by atoms with Crippen LogP contribution >= 0.6 is 0 Å². The highest BCUT2D eigenvalue weighted by molar-refractivity contribution is 5.77. The number of nitrogens with one attached hydrogen (secondary N) is 1. The van der Waals surface area contributed by atoms with Crippen molar-refractivity contribution in [2.45, 2.75) is 46.1 Å². The van der Waals surface area contributed by atoms with Crippen LogP contribution in [0.4, 0.5) is 0 Å². The molecule has 2 atom stereocenters. The normalized spacial score (nSPS) is 19.0. The Labute approximate surface area is 149 Å². The minimum absolute atomic E-state index is 0.330. The predicted octanol–water partition coefficient (Wildman–Crippen LogP) is 4.80. The molecular formula is C22H26N2O. The fourth-order valence-corrected chi connectivity index (χ4v) is 3.93. The molecule has 0 aliphatic heterocycles. The Morgan fingerprint density at radius 3 is 2.64 bits per heavy atom. The molecule has 0 amide bonds. The van der Waals surface area contributed by atoms with Crippen molar-refractivity contribution in [2.75, 3.05) is 0 Å². The number of fused-ring (bicyclic) bond motifs is 2. The number of aromatic amines is 1. The highest BCUT2D eigenvalue weighted by Gasteiger charge is 2.29. The van der Waals surface area contributed by atoms with Crippen molar-refractivity contribution >= 4 is 11.0 Å². The van der Waals surface area contributed by atoms with Gasteiger partial charge in [0.25, 0.3) is 0 Å². The van der Waals surface area contributed by atoms with Crippen LogP contribution in [0, 0.1) is 11.3 Å². The lowest BCUT2D eigenvalue weighted by Gasteiger charge is -2.34. The Morgan fingerprint density at radius 2 is 1.92 bits per heavy atom. The van der Waals surface area contributed by atoms with E-state index in [1.807, 2.05) is 36.4 Å². The van der Waals surface area contributed by atoms with Gasteiger partial charge in [0.05, 0.1) is 16.7 Å². The standard InChI is InChI=1S/C22H26N2O/c1-22(2,3)16-9-10-17-15(11-16)12-18-19(23-17)13-20(24-18)21(25)14-7-5-4-6-8-14/h4-8,12-13,16,21,24-25H,9-11H2,1-3H3. The first kappa shape index (κ1) is 16.3. The van der Waals surface area contributed by atoms with Gasteiger partial charge in [-0.05, 0) is 53.9 Å². The number of rotatable bonds is 2. The van der Waals surface area contributed by atoms with Crippen LogP contribution in [0.2, 0.25) is 0 Å². The number of aliphatic hydroxyl groups is 1. The summed E-state index contributed by atoms with van der Waals surface area (Å²) in [5.41, 5.74) is 6.61. The first-order valence-electron chi connectivity index (χ1n) is 9.16. The Bertz CT molecular complexity index is 890. The zero-order chi connectivity index (χ0) is 17.6. The van der Waals surface area contributed by atoms with E-state index in [-0.39, 0.29) is 0 Å². The molecule has 2 N–H and O–H groups in total. The van der Waals surface area contributed by atoms with Gasteiger partial charge in [0.15, 0.2) is 0 Å². The van der Waals surface area contributed by atoms with E-state index in [1.54, 1.807) is 0 Å². The van der Waals surface area contributed by atoms with Crippen LogP contribution in [0.3, 0.4) is 0 Å². The molecule has 0 radical (unpaired) electrons. The largest absolute Gasteiger partial charge is 0.382 e. The average molecular weight is 334 g/mol. The van der Waals surface area contributed by atoms with E-state index in [2.05, 4.69) is 31.8 Å². The molecule has 0 saturated heterocycles. The monoisotopic (exact) mass is 334 g/mol. The number of pyridine rings is 1. The number of benzene rings is 1. The molecule has 3 heteroatoms. The number of H-pyrrole nitrogens is 1. The van der Waals surface area contributed by atoms with E-state index in [0.717, 1.165) is 35.1 Å². The highest BCUT2D eigenvalue weighted by atomic mass is 16.3. The summed E-state index contributed by atoms with van der Waals surface area (Å²) in [5, 5.41) is 10.6. The van der Waals surface area contributed by atoms with Crippen molar-refractivity contribution in [3.05, 3.63) is 65.0 Å². The first-order chi connectivity index (χ1) is 11.9. The average Bonchev–Trinajstić information content (AvgIpc) is 3.01. The molecule has 1 aromatic carbocycles. The van der Waals surface area contributed by atoms with Gasteiger partial charge in [-0.2, -0.15) is 0 Å². The van der Waals surface area contributed by atoms with Crippen molar-refractivity contribution in [2.24, 2.45) is 11.3 Å². The van der Waals surface area contributed by atoms with Crippen LogP contribution in [-0.4, -0.2) is 15.1 Å². The molecule has 0 spiro atoms. The SMILES string of the molecule is CC(C)(C)C1CCc2nc3cc(C(O)c4ccccc4)[nH]c3cc2C1. The summed E-state index contributed by atoms with van der Waals surface area (Å²) in [6.45, 7) is 6.99. The van der Waals surface area contributed by atoms with Crippen LogP contribution in [0.15, 0.2) is 42.5 Å². The predicted molar refractivity (Wildman–Crippen MR) is 102 cm³/mol. The molecule has 0 saturated carbocycles. The third kappa shape index (κ3) is 3.09. The third-order valence-corrected chi connectivity index (χ3v) is 5.62. The number of hydrogen-bond acceptors (Lipinski definition) is 2. The van der Waals surface area contributed by atoms with Crippen molar-refractivity contribution < 1.29 is 5.11 Å². The van der Waals surface area contributed by atoms with Gasteiger partial charge in [-0.15, -0.1) is 0 Å². The zero-order valence-corrected chi connectivity index (χ0v) is 15.2. The van der Waals surface area contributed by atoms with Gasteiger partial charge in [0, 0.05) is 5.69 Å². The summed E-state index contributed by atoms with van der Waals surface area (Å²) in [7, 11) is 0. The maximum absolute atomic E-state index is 10.6. The van der Waals surface area contributed by atoms with Gasteiger partial charge in [0.1, 0.15) is 6.10 Å². The molecule has 0 fully saturated rings. The summed E-state index contributed by atoms with van der Waals surface area (Å²) in [4.78, 5) is 8.27. The van der Waals surface area contributed by atoms with Crippen molar-refractivity contribution in [3.8, 4) is 0 Å². The molecular weight excluding hydrogens is 308 g/mol. The van der Waals surface area contributed by atoms with E-state index in [1.165, 1.54) is 17.7 Å². The Morgan fingerprint density at radius 1 is 1.16 bits per heavy atom. The number of aryl methyl sites for hydroxylation is 1. The molecule has 3 nitrogen and oxygen atoms in total. The molecule has 130 valence electrons. The van der Waals surface area contributed by atoms with Crippen molar-refractivity contribution in [1.29, 1.82) is 0 Å². The molecule has 3 aromatic rings. The Hall–Kier alpha value is -2.13. The van der Waals surface area contributed by atoms with E-state index in [4.69, 9.17) is 4.98 Å². The Balaban J connectivity index is 1.69. The fourth-order valence-electron chi connectivity index (χ4n) is 3.93.